The maximum Gasteiger partial charge on any atom is 0.129 e. The van der Waals surface area contributed by atoms with Crippen LogP contribution < -0.4 is 19.5 Å². The van der Waals surface area contributed by atoms with Gasteiger partial charge in [-0.2, -0.15) is 0 Å². The van der Waals surface area contributed by atoms with Crippen LogP contribution in [0.25, 0.3) is 0 Å². The maximum atomic E-state index is 5.67. The van der Waals surface area contributed by atoms with E-state index in [0.717, 1.165) is 48.4 Å². The van der Waals surface area contributed by atoms with Crippen LogP contribution in [0, 0.1) is 0 Å². The Balaban J connectivity index is 1.84. The lowest BCUT2D eigenvalue weighted by molar-refractivity contribution is 0.137. The van der Waals surface area contributed by atoms with Gasteiger partial charge in [0.15, 0.2) is 0 Å². The Kier molecular flexibility index (Phi) is 6.14. The van der Waals surface area contributed by atoms with Gasteiger partial charge < -0.3 is 24.3 Å². The highest BCUT2D eigenvalue weighted by Gasteiger charge is 2.19. The zero-order valence-corrected chi connectivity index (χ0v) is 13.1. The third kappa shape index (κ3) is 4.79. The highest BCUT2D eigenvalue weighted by Crippen LogP contribution is 2.34. The summed E-state index contributed by atoms with van der Waals surface area (Å²) < 4.78 is 21.7. The summed E-state index contributed by atoms with van der Waals surface area (Å²) in [6.45, 7) is 2.30. The summed E-state index contributed by atoms with van der Waals surface area (Å²) in [5, 5.41) is 3.42. The van der Waals surface area contributed by atoms with E-state index < -0.39 is 0 Å². The zero-order valence-electron chi connectivity index (χ0n) is 13.1. The maximum absolute atomic E-state index is 5.67. The van der Waals surface area contributed by atoms with Crippen LogP contribution in [0.2, 0.25) is 0 Å². The summed E-state index contributed by atoms with van der Waals surface area (Å²) in [7, 11) is 4.93. The van der Waals surface area contributed by atoms with Crippen LogP contribution in [0.15, 0.2) is 12.1 Å². The monoisotopic (exact) mass is 295 g/mol. The minimum absolute atomic E-state index is 0.644. The van der Waals surface area contributed by atoms with Crippen molar-refractivity contribution in [2.75, 3.05) is 41.1 Å². The average molecular weight is 295 g/mol. The number of ether oxygens (including phenoxy) is 4. The van der Waals surface area contributed by atoms with Crippen LogP contribution in [0.1, 0.15) is 18.4 Å². The number of rotatable bonds is 10. The summed E-state index contributed by atoms with van der Waals surface area (Å²) in [6.07, 6.45) is 3.36. The van der Waals surface area contributed by atoms with Crippen molar-refractivity contribution in [1.29, 1.82) is 0 Å². The molecule has 5 heteroatoms. The fraction of sp³-hybridized carbons (Fsp3) is 0.625. The van der Waals surface area contributed by atoms with Gasteiger partial charge in [0, 0.05) is 36.7 Å². The fourth-order valence-electron chi connectivity index (χ4n) is 2.22. The minimum atomic E-state index is 0.644. The van der Waals surface area contributed by atoms with Crippen molar-refractivity contribution in [3.05, 3.63) is 17.7 Å². The molecule has 2 rings (SSSR count). The highest BCUT2D eigenvalue weighted by molar-refractivity contribution is 5.50. The summed E-state index contributed by atoms with van der Waals surface area (Å²) >= 11 is 0. The molecule has 0 saturated heterocycles. The Morgan fingerprint density at radius 3 is 2.19 bits per heavy atom. The van der Waals surface area contributed by atoms with Gasteiger partial charge in [-0.1, -0.05) is 0 Å². The van der Waals surface area contributed by atoms with Crippen LogP contribution in [0.3, 0.4) is 0 Å². The summed E-state index contributed by atoms with van der Waals surface area (Å²) in [5.41, 5.74) is 1.01. The number of hydrogen-bond acceptors (Lipinski definition) is 5. The lowest BCUT2D eigenvalue weighted by Crippen LogP contribution is -2.22. The predicted octanol–water partition coefficient (Wildman–Crippen LogP) is 2.02. The molecule has 0 aromatic heterocycles. The molecular weight excluding hydrogens is 270 g/mol. The third-order valence-corrected chi connectivity index (χ3v) is 3.57. The molecule has 1 aromatic rings. The van der Waals surface area contributed by atoms with Crippen molar-refractivity contribution >= 4 is 0 Å². The van der Waals surface area contributed by atoms with E-state index in [1.165, 1.54) is 12.8 Å². The molecule has 1 aliphatic carbocycles. The quantitative estimate of drug-likeness (QED) is 0.669. The smallest absolute Gasteiger partial charge is 0.129 e. The number of nitrogens with one attached hydrogen (secondary N) is 1. The Hall–Kier alpha value is -1.46. The summed E-state index contributed by atoms with van der Waals surface area (Å²) in [6, 6.07) is 4.47. The van der Waals surface area contributed by atoms with Crippen molar-refractivity contribution in [1.82, 2.24) is 5.32 Å². The molecule has 5 nitrogen and oxygen atoms in total. The van der Waals surface area contributed by atoms with Crippen LogP contribution in [-0.2, 0) is 11.2 Å². The first kappa shape index (κ1) is 15.9. The fourth-order valence-corrected chi connectivity index (χ4v) is 2.22. The zero-order chi connectivity index (χ0) is 15.1. The molecule has 0 radical (unpaired) electrons. The molecule has 21 heavy (non-hydrogen) atoms. The molecule has 0 atom stereocenters. The molecule has 0 heterocycles. The summed E-state index contributed by atoms with van der Waals surface area (Å²) in [4.78, 5) is 0. The van der Waals surface area contributed by atoms with Crippen LogP contribution in [-0.4, -0.2) is 47.1 Å². The molecule has 0 amide bonds. The van der Waals surface area contributed by atoms with Gasteiger partial charge in [0.25, 0.3) is 0 Å². The second-order valence-electron chi connectivity index (χ2n) is 5.10. The molecule has 0 spiro atoms. The molecule has 0 aliphatic heterocycles. The van der Waals surface area contributed by atoms with E-state index in [-0.39, 0.29) is 0 Å². The number of hydrogen-bond donors (Lipinski definition) is 1. The van der Waals surface area contributed by atoms with Crippen molar-refractivity contribution in [2.24, 2.45) is 0 Å². The highest BCUT2D eigenvalue weighted by atomic mass is 16.5. The van der Waals surface area contributed by atoms with Crippen LogP contribution >= 0.6 is 0 Å². The van der Waals surface area contributed by atoms with E-state index in [1.807, 2.05) is 12.1 Å². The Bertz CT molecular complexity index is 421. The molecule has 0 unspecified atom stereocenters. The van der Waals surface area contributed by atoms with Crippen molar-refractivity contribution < 1.29 is 18.9 Å². The molecule has 1 N–H and O–H groups in total. The lowest BCUT2D eigenvalue weighted by atomic mass is 10.1. The van der Waals surface area contributed by atoms with Gasteiger partial charge in [-0.3, -0.25) is 0 Å². The van der Waals surface area contributed by atoms with Gasteiger partial charge in [-0.25, -0.2) is 0 Å². The third-order valence-electron chi connectivity index (χ3n) is 3.57. The minimum Gasteiger partial charge on any atom is -0.496 e. The second-order valence-corrected chi connectivity index (χ2v) is 5.10. The van der Waals surface area contributed by atoms with Gasteiger partial charge in [-0.05, 0) is 12.8 Å². The first-order valence-corrected chi connectivity index (χ1v) is 7.38. The molecule has 1 aromatic carbocycles. The number of benzene rings is 1. The Morgan fingerprint density at radius 2 is 1.67 bits per heavy atom. The Morgan fingerprint density at radius 1 is 1.00 bits per heavy atom. The molecule has 1 fully saturated rings. The average Bonchev–Trinajstić information content (AvgIpc) is 3.34. The van der Waals surface area contributed by atoms with Crippen molar-refractivity contribution in [3.8, 4) is 17.2 Å². The second kappa shape index (κ2) is 8.10. The standard InChI is InChI=1S/C16H25NO4/c1-18-13-10-15(19-2)14(16(11-13)20-3)6-8-21-9-7-17-12-4-5-12/h10-12,17H,4-9H2,1-3H3. The molecule has 0 bridgehead atoms. The largest absolute Gasteiger partial charge is 0.496 e. The first-order valence-electron chi connectivity index (χ1n) is 7.38. The van der Waals surface area contributed by atoms with Gasteiger partial charge in [0.05, 0.1) is 34.5 Å². The molecule has 1 aliphatic rings. The van der Waals surface area contributed by atoms with Gasteiger partial charge in [0.1, 0.15) is 17.2 Å². The normalized spacial score (nSPS) is 14.0. The summed E-state index contributed by atoms with van der Waals surface area (Å²) in [5.74, 6) is 2.26. The SMILES string of the molecule is COc1cc(OC)c(CCOCCNC2CC2)c(OC)c1. The van der Waals surface area contributed by atoms with E-state index in [4.69, 9.17) is 18.9 Å². The van der Waals surface area contributed by atoms with E-state index in [0.29, 0.717) is 6.61 Å². The van der Waals surface area contributed by atoms with Gasteiger partial charge in [0.2, 0.25) is 0 Å². The molecule has 118 valence electrons. The van der Waals surface area contributed by atoms with Crippen LogP contribution in [0.4, 0.5) is 0 Å². The van der Waals surface area contributed by atoms with Crippen molar-refractivity contribution in [2.45, 2.75) is 25.3 Å². The van der Waals surface area contributed by atoms with E-state index in [9.17, 15) is 0 Å². The van der Waals surface area contributed by atoms with E-state index >= 15 is 0 Å². The van der Waals surface area contributed by atoms with Gasteiger partial charge in [-0.15, -0.1) is 0 Å². The van der Waals surface area contributed by atoms with Crippen LogP contribution in [0.5, 0.6) is 17.2 Å². The predicted molar refractivity (Wildman–Crippen MR) is 81.6 cm³/mol. The van der Waals surface area contributed by atoms with Crippen molar-refractivity contribution in [3.63, 3.8) is 0 Å². The topological polar surface area (TPSA) is 49.0 Å². The van der Waals surface area contributed by atoms with E-state index in [1.54, 1.807) is 21.3 Å². The molecular formula is C16H25NO4. The number of methoxy groups -OCH3 is 3. The van der Waals surface area contributed by atoms with Gasteiger partial charge >= 0.3 is 0 Å². The van der Waals surface area contributed by atoms with E-state index in [2.05, 4.69) is 5.32 Å². The lowest BCUT2D eigenvalue weighted by Gasteiger charge is -2.15. The Labute approximate surface area is 126 Å². The molecule has 1 saturated carbocycles. The first-order chi connectivity index (χ1) is 10.3.